The second-order valence-electron chi connectivity index (χ2n) is 14.7. The first kappa shape index (κ1) is 44.6. The molecule has 0 radical (unpaired) electrons. The van der Waals surface area contributed by atoms with E-state index in [4.69, 9.17) is 9.47 Å². The topological polar surface area (TPSA) is 18.5 Å². The van der Waals surface area contributed by atoms with Gasteiger partial charge in [-0.3, -0.25) is 0 Å². The average Bonchev–Trinajstić information content (AvgIpc) is 3.53. The largest absolute Gasteiger partial charge is 0.381 e. The molecule has 1 rings (SSSR count). The molecule has 0 atom stereocenters. The highest BCUT2D eigenvalue weighted by molar-refractivity contribution is 7.10. The molecule has 0 unspecified atom stereocenters. The molecule has 0 saturated carbocycles. The third-order valence-corrected chi connectivity index (χ3v) is 11.1. The molecule has 1 aromatic rings. The highest BCUT2D eigenvalue weighted by atomic mass is 32.1. The van der Waals surface area contributed by atoms with E-state index in [1.165, 1.54) is 216 Å². The van der Waals surface area contributed by atoms with Gasteiger partial charge in [0.25, 0.3) is 0 Å². The summed E-state index contributed by atoms with van der Waals surface area (Å²) < 4.78 is 12.0. The maximum atomic E-state index is 6.00. The zero-order valence-corrected chi connectivity index (χ0v) is 33.1. The van der Waals surface area contributed by atoms with Gasteiger partial charge < -0.3 is 9.47 Å². The van der Waals surface area contributed by atoms with Crippen molar-refractivity contribution in [2.24, 2.45) is 0 Å². The van der Waals surface area contributed by atoms with Crippen molar-refractivity contribution < 1.29 is 9.47 Å². The van der Waals surface area contributed by atoms with Crippen LogP contribution in [0, 0.1) is 0 Å². The minimum atomic E-state index is 0.864. The van der Waals surface area contributed by atoms with E-state index < -0.39 is 0 Å². The molecule has 0 N–H and O–H groups in total. The number of thiophene rings is 1. The molecule has 0 spiro atoms. The van der Waals surface area contributed by atoms with Crippen LogP contribution in [0.5, 0.6) is 0 Å². The van der Waals surface area contributed by atoms with Gasteiger partial charge in [0, 0.05) is 24.5 Å². The first-order chi connectivity index (χ1) is 23.4. The molecule has 278 valence electrons. The zero-order chi connectivity index (χ0) is 33.6. The molecule has 1 heterocycles. The van der Waals surface area contributed by atoms with Crippen LogP contribution >= 0.6 is 11.3 Å². The van der Waals surface area contributed by atoms with Gasteiger partial charge in [-0.25, -0.2) is 0 Å². The Morgan fingerprint density at radius 2 is 0.660 bits per heavy atom. The lowest BCUT2D eigenvalue weighted by molar-refractivity contribution is 0.130. The van der Waals surface area contributed by atoms with E-state index in [0.717, 1.165) is 39.3 Å². The molecule has 1 aromatic heterocycles. The molecule has 0 aliphatic heterocycles. The fourth-order valence-corrected chi connectivity index (χ4v) is 7.78. The van der Waals surface area contributed by atoms with E-state index >= 15 is 0 Å². The van der Waals surface area contributed by atoms with Gasteiger partial charge >= 0.3 is 0 Å². The summed E-state index contributed by atoms with van der Waals surface area (Å²) in [6.45, 7) is 8.20. The maximum absolute atomic E-state index is 6.00. The van der Waals surface area contributed by atoms with E-state index in [0.29, 0.717) is 0 Å². The van der Waals surface area contributed by atoms with E-state index in [2.05, 4.69) is 25.3 Å². The van der Waals surface area contributed by atoms with E-state index in [1.54, 1.807) is 0 Å². The SMILES string of the molecule is CCCCCCCCCCCCCCCCCCOCCc1ccsc1CCOCCCCCCCCCCCCCCCCCC. The van der Waals surface area contributed by atoms with Crippen LogP contribution in [0.1, 0.15) is 230 Å². The Labute approximate surface area is 300 Å². The maximum Gasteiger partial charge on any atom is 0.0514 e. The van der Waals surface area contributed by atoms with Crippen LogP contribution in [-0.2, 0) is 22.3 Å². The van der Waals surface area contributed by atoms with Crippen molar-refractivity contribution in [1.82, 2.24) is 0 Å². The van der Waals surface area contributed by atoms with Gasteiger partial charge in [0.2, 0.25) is 0 Å². The van der Waals surface area contributed by atoms with Gasteiger partial charge in [0.05, 0.1) is 13.2 Å². The third kappa shape index (κ3) is 32.6. The summed E-state index contributed by atoms with van der Waals surface area (Å²) in [5, 5.41) is 2.25. The average molecular weight is 677 g/mol. The molecule has 0 aliphatic carbocycles. The summed E-state index contributed by atoms with van der Waals surface area (Å²) in [4.78, 5) is 1.50. The number of hydrogen-bond donors (Lipinski definition) is 0. The first-order valence-electron chi connectivity index (χ1n) is 21.6. The summed E-state index contributed by atoms with van der Waals surface area (Å²) in [6, 6.07) is 2.30. The van der Waals surface area contributed by atoms with Crippen molar-refractivity contribution in [3.05, 3.63) is 21.9 Å². The molecular formula is C44H84O2S. The van der Waals surface area contributed by atoms with E-state index in [9.17, 15) is 0 Å². The Morgan fingerprint density at radius 1 is 0.362 bits per heavy atom. The number of rotatable bonds is 40. The van der Waals surface area contributed by atoms with Gasteiger partial charge in [-0.15, -0.1) is 11.3 Å². The number of hydrogen-bond acceptors (Lipinski definition) is 3. The fraction of sp³-hybridized carbons (Fsp3) is 0.909. The molecule has 0 saturated heterocycles. The predicted molar refractivity (Wildman–Crippen MR) is 212 cm³/mol. The van der Waals surface area contributed by atoms with Gasteiger partial charge in [-0.05, 0) is 36.3 Å². The minimum Gasteiger partial charge on any atom is -0.381 e. The van der Waals surface area contributed by atoms with Crippen molar-refractivity contribution in [1.29, 1.82) is 0 Å². The lowest BCUT2D eigenvalue weighted by Gasteiger charge is -2.07. The van der Waals surface area contributed by atoms with E-state index in [1.807, 2.05) is 11.3 Å². The second-order valence-corrected chi connectivity index (χ2v) is 15.7. The van der Waals surface area contributed by atoms with Crippen molar-refractivity contribution in [2.45, 2.75) is 232 Å². The summed E-state index contributed by atoms with van der Waals surface area (Å²) in [6.07, 6.45) is 47.5. The van der Waals surface area contributed by atoms with Crippen LogP contribution in [0.3, 0.4) is 0 Å². The highest BCUT2D eigenvalue weighted by Gasteiger charge is 2.05. The molecule has 3 heteroatoms. The Morgan fingerprint density at radius 3 is 1.00 bits per heavy atom. The van der Waals surface area contributed by atoms with Crippen LogP contribution in [-0.4, -0.2) is 26.4 Å². The smallest absolute Gasteiger partial charge is 0.0514 e. The van der Waals surface area contributed by atoms with Gasteiger partial charge in [-0.2, -0.15) is 0 Å². The Balaban J connectivity index is 1.79. The Bertz CT molecular complexity index is 644. The molecule has 2 nitrogen and oxygen atoms in total. The molecule has 0 bridgehead atoms. The van der Waals surface area contributed by atoms with Crippen LogP contribution < -0.4 is 0 Å². The minimum absolute atomic E-state index is 0.864. The summed E-state index contributed by atoms with van der Waals surface area (Å²) in [5.41, 5.74) is 1.48. The second kappa shape index (κ2) is 38.4. The normalized spacial score (nSPS) is 11.6. The lowest BCUT2D eigenvalue weighted by Crippen LogP contribution is -2.04. The highest BCUT2D eigenvalue weighted by Crippen LogP contribution is 2.19. The monoisotopic (exact) mass is 677 g/mol. The molecule has 0 fully saturated rings. The third-order valence-electron chi connectivity index (χ3n) is 10.1. The Kier molecular flexibility index (Phi) is 36.5. The predicted octanol–water partition coefficient (Wildman–Crippen LogP) is 15.4. The molecule has 0 aliphatic rings. The van der Waals surface area contributed by atoms with Crippen molar-refractivity contribution in [3.63, 3.8) is 0 Å². The standard InChI is InChI=1S/C44H84O2S/c1-3-5-7-9-11-13-15-17-19-21-23-25-27-29-31-33-38-45-40-35-43-37-42-47-44(43)36-41-46-39-34-32-30-28-26-24-22-20-18-16-14-12-10-8-6-4-2/h37,42H,3-36,38-41H2,1-2H3. The van der Waals surface area contributed by atoms with Crippen LogP contribution in [0.15, 0.2) is 11.4 Å². The quantitative estimate of drug-likeness (QED) is 0.0644. The van der Waals surface area contributed by atoms with Gasteiger partial charge in [0.15, 0.2) is 0 Å². The lowest BCUT2D eigenvalue weighted by atomic mass is 10.0. The van der Waals surface area contributed by atoms with Crippen LogP contribution in [0.25, 0.3) is 0 Å². The summed E-state index contributed by atoms with van der Waals surface area (Å²) in [5.74, 6) is 0. The van der Waals surface area contributed by atoms with Crippen molar-refractivity contribution >= 4 is 11.3 Å². The summed E-state index contributed by atoms with van der Waals surface area (Å²) >= 11 is 1.89. The van der Waals surface area contributed by atoms with Crippen molar-refractivity contribution in [3.8, 4) is 0 Å². The van der Waals surface area contributed by atoms with Gasteiger partial charge in [0.1, 0.15) is 0 Å². The van der Waals surface area contributed by atoms with Crippen molar-refractivity contribution in [2.75, 3.05) is 26.4 Å². The molecule has 0 aromatic carbocycles. The number of ether oxygens (including phenoxy) is 2. The fourth-order valence-electron chi connectivity index (χ4n) is 6.86. The molecule has 0 amide bonds. The van der Waals surface area contributed by atoms with E-state index in [-0.39, 0.29) is 0 Å². The number of unbranched alkanes of at least 4 members (excludes halogenated alkanes) is 30. The zero-order valence-electron chi connectivity index (χ0n) is 32.2. The Hall–Kier alpha value is -0.380. The summed E-state index contributed by atoms with van der Waals surface area (Å²) in [7, 11) is 0. The van der Waals surface area contributed by atoms with Gasteiger partial charge in [-0.1, -0.05) is 206 Å². The first-order valence-corrected chi connectivity index (χ1v) is 22.5. The molecular weight excluding hydrogens is 593 g/mol. The molecule has 47 heavy (non-hydrogen) atoms. The van der Waals surface area contributed by atoms with Crippen LogP contribution in [0.2, 0.25) is 0 Å². The van der Waals surface area contributed by atoms with Crippen LogP contribution in [0.4, 0.5) is 0 Å².